The number of benzene rings is 2. The number of rotatable bonds is 8. The monoisotopic (exact) mass is 317 g/mol. The van der Waals surface area contributed by atoms with Gasteiger partial charge in [0.1, 0.15) is 6.54 Å². The zero-order chi connectivity index (χ0) is 16.7. The van der Waals surface area contributed by atoms with Crippen molar-refractivity contribution in [2.45, 2.75) is 13.0 Å². The molecule has 2 aromatic rings. The van der Waals surface area contributed by atoms with Gasteiger partial charge in [0.05, 0.1) is 25.7 Å². The molecule has 0 heterocycles. The molecule has 0 amide bonds. The number of hydrogen-bond donors (Lipinski definition) is 1. The van der Waals surface area contributed by atoms with E-state index in [1.165, 1.54) is 6.07 Å². The summed E-state index contributed by atoms with van der Waals surface area (Å²) in [5.41, 5.74) is 2.25. The number of hydrogen-bond acceptors (Lipinski definition) is 4. The van der Waals surface area contributed by atoms with E-state index in [-0.39, 0.29) is 10.6 Å². The van der Waals surface area contributed by atoms with Crippen LogP contribution >= 0.6 is 0 Å². The number of non-ortho nitro benzene ring substituents is 1. The average molecular weight is 317 g/mol. The Kier molecular flexibility index (Phi) is 5.94. The molecule has 0 spiro atoms. The van der Waals surface area contributed by atoms with Crippen LogP contribution in [0.5, 0.6) is 11.5 Å². The lowest BCUT2D eigenvalue weighted by Crippen LogP contribution is -2.83. The molecule has 2 rings (SSSR count). The minimum atomic E-state index is -0.368. The highest BCUT2D eigenvalue weighted by molar-refractivity contribution is 5.42. The van der Waals surface area contributed by atoms with E-state index in [9.17, 15) is 10.1 Å². The quantitative estimate of drug-likeness (QED) is 0.458. The first kappa shape index (κ1) is 16.8. The highest BCUT2D eigenvalue weighted by Gasteiger charge is 2.07. The van der Waals surface area contributed by atoms with Crippen molar-refractivity contribution in [3.63, 3.8) is 0 Å². The average Bonchev–Trinajstić information content (AvgIpc) is 2.58. The number of methoxy groups -OCH3 is 2. The van der Waals surface area contributed by atoms with Gasteiger partial charge in [0.15, 0.2) is 11.5 Å². The van der Waals surface area contributed by atoms with E-state index >= 15 is 0 Å². The molecule has 2 aromatic carbocycles. The maximum Gasteiger partial charge on any atom is 0.269 e. The van der Waals surface area contributed by atoms with Crippen LogP contribution in [-0.4, -0.2) is 25.7 Å². The number of nitro benzene ring substituents is 1. The normalized spacial score (nSPS) is 10.3. The van der Waals surface area contributed by atoms with Gasteiger partial charge in [-0.25, -0.2) is 0 Å². The SMILES string of the molecule is COc1ccc(CC[NH2+]Cc2cccc([N+](=O)[O-])c2)cc1OC. The summed E-state index contributed by atoms with van der Waals surface area (Å²) in [6.07, 6.45) is 0.884. The van der Waals surface area contributed by atoms with Crippen molar-refractivity contribution >= 4 is 5.69 Å². The fourth-order valence-corrected chi connectivity index (χ4v) is 2.37. The van der Waals surface area contributed by atoms with Gasteiger partial charge >= 0.3 is 0 Å². The highest BCUT2D eigenvalue weighted by atomic mass is 16.6. The maximum atomic E-state index is 10.8. The fraction of sp³-hybridized carbons (Fsp3) is 0.294. The highest BCUT2D eigenvalue weighted by Crippen LogP contribution is 2.27. The molecule has 6 nitrogen and oxygen atoms in total. The summed E-state index contributed by atoms with van der Waals surface area (Å²) in [4.78, 5) is 10.4. The van der Waals surface area contributed by atoms with Crippen molar-refractivity contribution in [1.29, 1.82) is 0 Å². The number of nitrogens with two attached hydrogens (primary N) is 1. The summed E-state index contributed by atoms with van der Waals surface area (Å²) in [6.45, 7) is 1.60. The topological polar surface area (TPSA) is 78.2 Å². The Balaban J connectivity index is 1.86. The molecule has 0 bridgehead atoms. The van der Waals surface area contributed by atoms with E-state index in [2.05, 4.69) is 5.32 Å². The first-order chi connectivity index (χ1) is 11.1. The molecule has 0 fully saturated rings. The van der Waals surface area contributed by atoms with Gasteiger partial charge in [-0.15, -0.1) is 0 Å². The van der Waals surface area contributed by atoms with Gasteiger partial charge in [0.25, 0.3) is 5.69 Å². The Morgan fingerprint density at radius 3 is 2.52 bits per heavy atom. The predicted octanol–water partition coefficient (Wildman–Crippen LogP) is 1.92. The Hall–Kier alpha value is -2.60. The van der Waals surface area contributed by atoms with E-state index in [1.54, 1.807) is 26.4 Å². The second-order valence-electron chi connectivity index (χ2n) is 5.15. The smallest absolute Gasteiger partial charge is 0.269 e. The lowest BCUT2D eigenvalue weighted by Gasteiger charge is -2.09. The van der Waals surface area contributed by atoms with Gasteiger partial charge in [-0.3, -0.25) is 10.1 Å². The van der Waals surface area contributed by atoms with Crippen LogP contribution in [0.2, 0.25) is 0 Å². The van der Waals surface area contributed by atoms with Gasteiger partial charge in [-0.05, 0) is 17.7 Å². The number of ether oxygens (including phenoxy) is 2. The molecule has 0 unspecified atom stereocenters. The molecule has 0 saturated heterocycles. The van der Waals surface area contributed by atoms with Gasteiger partial charge in [-0.2, -0.15) is 0 Å². The Bertz CT molecular complexity index is 673. The lowest BCUT2D eigenvalue weighted by atomic mass is 10.1. The largest absolute Gasteiger partial charge is 0.493 e. The van der Waals surface area contributed by atoms with Gasteiger partial charge < -0.3 is 14.8 Å². The van der Waals surface area contributed by atoms with E-state index in [0.29, 0.717) is 0 Å². The summed E-state index contributed by atoms with van der Waals surface area (Å²) < 4.78 is 10.5. The van der Waals surface area contributed by atoms with Crippen LogP contribution in [0.1, 0.15) is 11.1 Å². The standard InChI is InChI=1S/C17H20N2O4/c1-22-16-7-6-13(11-17(16)23-2)8-9-18-12-14-4-3-5-15(10-14)19(20)21/h3-7,10-11,18H,8-9,12H2,1-2H3/p+1. The van der Waals surface area contributed by atoms with Crippen molar-refractivity contribution in [2.24, 2.45) is 0 Å². The summed E-state index contributed by atoms with van der Waals surface area (Å²) >= 11 is 0. The molecule has 0 aliphatic heterocycles. The third-order valence-corrected chi connectivity index (χ3v) is 3.59. The summed E-state index contributed by atoms with van der Waals surface area (Å²) in [6, 6.07) is 12.6. The molecule has 0 radical (unpaired) electrons. The maximum absolute atomic E-state index is 10.8. The van der Waals surface area contributed by atoms with Gasteiger partial charge in [0.2, 0.25) is 0 Å². The second-order valence-corrected chi connectivity index (χ2v) is 5.15. The van der Waals surface area contributed by atoms with Crippen LogP contribution in [0.3, 0.4) is 0 Å². The van der Waals surface area contributed by atoms with Gasteiger partial charge in [-0.1, -0.05) is 18.2 Å². The minimum Gasteiger partial charge on any atom is -0.493 e. The zero-order valence-electron chi connectivity index (χ0n) is 13.3. The molecule has 0 aliphatic rings. The Morgan fingerprint density at radius 1 is 1.04 bits per heavy atom. The molecule has 0 saturated carbocycles. The van der Waals surface area contributed by atoms with Crippen molar-refractivity contribution < 1.29 is 19.7 Å². The van der Waals surface area contributed by atoms with E-state index in [1.807, 2.05) is 24.3 Å². The molecule has 2 N–H and O–H groups in total. The molecule has 23 heavy (non-hydrogen) atoms. The predicted molar refractivity (Wildman–Crippen MR) is 86.8 cm³/mol. The second kappa shape index (κ2) is 8.14. The molecule has 0 atom stereocenters. The summed E-state index contributed by atoms with van der Waals surface area (Å²) in [5, 5.41) is 12.9. The molecule has 0 aliphatic carbocycles. The number of quaternary nitrogens is 1. The van der Waals surface area contributed by atoms with Crippen LogP contribution in [-0.2, 0) is 13.0 Å². The minimum absolute atomic E-state index is 0.135. The lowest BCUT2D eigenvalue weighted by molar-refractivity contribution is -0.670. The molecule has 6 heteroatoms. The first-order valence-corrected chi connectivity index (χ1v) is 7.40. The van der Waals surface area contributed by atoms with Crippen LogP contribution in [0.25, 0.3) is 0 Å². The van der Waals surface area contributed by atoms with Crippen LogP contribution in [0, 0.1) is 10.1 Å². The first-order valence-electron chi connectivity index (χ1n) is 7.40. The Labute approximate surface area is 135 Å². The van der Waals surface area contributed by atoms with E-state index in [0.717, 1.165) is 42.1 Å². The molecular weight excluding hydrogens is 296 g/mol. The third kappa shape index (κ3) is 4.69. The van der Waals surface area contributed by atoms with Crippen molar-refractivity contribution in [3.8, 4) is 11.5 Å². The fourth-order valence-electron chi connectivity index (χ4n) is 2.37. The van der Waals surface area contributed by atoms with Crippen LogP contribution in [0.15, 0.2) is 42.5 Å². The number of nitrogens with zero attached hydrogens (tertiary/aromatic N) is 1. The van der Waals surface area contributed by atoms with E-state index < -0.39 is 0 Å². The van der Waals surface area contributed by atoms with Crippen molar-refractivity contribution in [3.05, 3.63) is 63.7 Å². The molecule has 122 valence electrons. The number of nitro groups is 1. The summed E-state index contributed by atoms with van der Waals surface area (Å²) in [7, 11) is 3.24. The van der Waals surface area contributed by atoms with Crippen molar-refractivity contribution in [1.82, 2.24) is 0 Å². The molecular formula is C17H21N2O4+. The van der Waals surface area contributed by atoms with Gasteiger partial charge in [0, 0.05) is 24.1 Å². The van der Waals surface area contributed by atoms with Crippen LogP contribution < -0.4 is 14.8 Å². The zero-order valence-corrected chi connectivity index (χ0v) is 13.3. The van der Waals surface area contributed by atoms with Crippen LogP contribution in [0.4, 0.5) is 5.69 Å². The molecule has 0 aromatic heterocycles. The van der Waals surface area contributed by atoms with E-state index in [4.69, 9.17) is 9.47 Å². The Morgan fingerprint density at radius 2 is 1.83 bits per heavy atom. The summed E-state index contributed by atoms with van der Waals surface area (Å²) in [5.74, 6) is 1.44. The third-order valence-electron chi connectivity index (χ3n) is 3.59. The van der Waals surface area contributed by atoms with Crippen molar-refractivity contribution in [2.75, 3.05) is 20.8 Å².